The van der Waals surface area contributed by atoms with Crippen molar-refractivity contribution >= 4 is 23.4 Å². The van der Waals surface area contributed by atoms with Gasteiger partial charge in [0.2, 0.25) is 17.7 Å². The van der Waals surface area contributed by atoms with Crippen LogP contribution in [0.25, 0.3) is 0 Å². The third kappa shape index (κ3) is 4.26. The van der Waals surface area contributed by atoms with Crippen molar-refractivity contribution in [3.05, 3.63) is 16.3 Å². The van der Waals surface area contributed by atoms with Crippen LogP contribution in [0.2, 0.25) is 0 Å². The van der Waals surface area contributed by atoms with Crippen LogP contribution in [-0.2, 0) is 4.79 Å². The van der Waals surface area contributed by atoms with Crippen LogP contribution in [-0.4, -0.2) is 59.9 Å². The van der Waals surface area contributed by atoms with Crippen LogP contribution in [0.1, 0.15) is 13.3 Å². The van der Waals surface area contributed by atoms with E-state index < -0.39 is 4.92 Å². The Kier molecular flexibility index (Phi) is 5.82. The summed E-state index contributed by atoms with van der Waals surface area (Å²) in [6.45, 7) is 2.45. The number of aromatic nitrogens is 2. The number of hydrogen-bond donors (Lipinski definition) is 1. The molecule has 0 aliphatic heterocycles. The topological polar surface area (TPSA) is 104 Å². The van der Waals surface area contributed by atoms with Crippen LogP contribution in [0.4, 0.5) is 17.5 Å². The highest BCUT2D eigenvalue weighted by atomic mass is 16.6. The van der Waals surface area contributed by atoms with Gasteiger partial charge in [0, 0.05) is 27.7 Å². The Balaban J connectivity index is 3.21. The minimum absolute atomic E-state index is 0.0296. The maximum absolute atomic E-state index is 11.9. The molecule has 0 aliphatic rings. The molecule has 0 spiro atoms. The zero-order valence-corrected chi connectivity index (χ0v) is 12.7. The van der Waals surface area contributed by atoms with Crippen molar-refractivity contribution < 1.29 is 9.72 Å². The predicted octanol–water partition coefficient (Wildman–Crippen LogP) is 0.731. The van der Waals surface area contributed by atoms with Gasteiger partial charge in [0.1, 0.15) is 6.20 Å². The summed E-state index contributed by atoms with van der Waals surface area (Å²) in [5.41, 5.74) is -0.214. The minimum atomic E-state index is -0.544. The molecule has 0 saturated carbocycles. The van der Waals surface area contributed by atoms with Crippen molar-refractivity contribution in [3.8, 4) is 0 Å². The lowest BCUT2D eigenvalue weighted by atomic mass is 10.3. The fraction of sp³-hybridized carbons (Fsp3) is 0.583. The molecule has 1 rings (SSSR count). The van der Waals surface area contributed by atoms with Gasteiger partial charge in [-0.25, -0.2) is 4.98 Å². The van der Waals surface area contributed by atoms with Gasteiger partial charge in [-0.2, -0.15) is 4.98 Å². The molecule has 1 heterocycles. The second-order valence-electron chi connectivity index (χ2n) is 4.62. The van der Waals surface area contributed by atoms with E-state index in [4.69, 9.17) is 0 Å². The molecule has 0 fully saturated rings. The van der Waals surface area contributed by atoms with E-state index in [1.807, 2.05) is 6.92 Å². The maximum Gasteiger partial charge on any atom is 0.329 e. The monoisotopic (exact) mass is 296 g/mol. The number of carbonyl (C=O) groups excluding carboxylic acids is 1. The largest absolute Gasteiger partial charge is 0.357 e. The van der Waals surface area contributed by atoms with Crippen LogP contribution in [0, 0.1) is 10.1 Å². The second-order valence-corrected chi connectivity index (χ2v) is 4.62. The number of nitro groups is 1. The highest BCUT2D eigenvalue weighted by Gasteiger charge is 2.24. The lowest BCUT2D eigenvalue weighted by Crippen LogP contribution is -2.38. The Hall–Kier alpha value is -2.45. The van der Waals surface area contributed by atoms with Crippen molar-refractivity contribution in [2.75, 3.05) is 44.4 Å². The van der Waals surface area contributed by atoms with E-state index in [0.29, 0.717) is 6.54 Å². The van der Waals surface area contributed by atoms with Crippen LogP contribution < -0.4 is 10.2 Å². The molecule has 0 aromatic carbocycles. The fourth-order valence-corrected chi connectivity index (χ4v) is 1.68. The first-order valence-corrected chi connectivity index (χ1v) is 6.55. The molecular weight excluding hydrogens is 276 g/mol. The molecule has 0 atom stereocenters. The average Bonchev–Trinajstić information content (AvgIpc) is 2.45. The van der Waals surface area contributed by atoms with Crippen LogP contribution in [0.5, 0.6) is 0 Å². The van der Waals surface area contributed by atoms with E-state index in [2.05, 4.69) is 15.3 Å². The Morgan fingerprint density at radius 1 is 1.48 bits per heavy atom. The number of nitrogens with zero attached hydrogens (tertiary/aromatic N) is 5. The van der Waals surface area contributed by atoms with Gasteiger partial charge in [0.25, 0.3) is 0 Å². The van der Waals surface area contributed by atoms with Crippen LogP contribution >= 0.6 is 0 Å². The Morgan fingerprint density at radius 3 is 2.62 bits per heavy atom. The van der Waals surface area contributed by atoms with Gasteiger partial charge >= 0.3 is 5.69 Å². The van der Waals surface area contributed by atoms with Gasteiger partial charge in [0.05, 0.1) is 11.5 Å². The lowest BCUT2D eigenvalue weighted by molar-refractivity contribution is -0.384. The van der Waals surface area contributed by atoms with E-state index in [1.165, 1.54) is 4.90 Å². The maximum atomic E-state index is 11.9. The molecule has 1 aromatic heterocycles. The first kappa shape index (κ1) is 16.6. The van der Waals surface area contributed by atoms with Crippen molar-refractivity contribution in [1.82, 2.24) is 14.9 Å². The fourth-order valence-electron chi connectivity index (χ4n) is 1.68. The number of hydrogen-bond acceptors (Lipinski definition) is 7. The highest BCUT2D eigenvalue weighted by Crippen LogP contribution is 2.26. The number of nitrogens with one attached hydrogen (secondary N) is 1. The van der Waals surface area contributed by atoms with Crippen molar-refractivity contribution in [3.63, 3.8) is 0 Å². The number of anilines is 2. The normalized spacial score (nSPS) is 10.1. The molecule has 1 N–H and O–H groups in total. The summed E-state index contributed by atoms with van der Waals surface area (Å²) in [7, 11) is 4.90. The van der Waals surface area contributed by atoms with E-state index in [-0.39, 0.29) is 29.9 Å². The van der Waals surface area contributed by atoms with Crippen molar-refractivity contribution in [2.24, 2.45) is 0 Å². The SMILES string of the molecule is CCCN(CC(=O)N(C)C)c1nc(NC)ncc1[N+](=O)[O-]. The van der Waals surface area contributed by atoms with E-state index in [0.717, 1.165) is 12.6 Å². The van der Waals surface area contributed by atoms with Crippen molar-refractivity contribution in [1.29, 1.82) is 0 Å². The summed E-state index contributed by atoms with van der Waals surface area (Å²) in [4.78, 5) is 33.5. The molecule has 9 nitrogen and oxygen atoms in total. The zero-order valence-electron chi connectivity index (χ0n) is 12.7. The van der Waals surface area contributed by atoms with Crippen molar-refractivity contribution in [2.45, 2.75) is 13.3 Å². The summed E-state index contributed by atoms with van der Waals surface area (Å²) >= 11 is 0. The van der Waals surface area contributed by atoms with Gasteiger partial charge in [0.15, 0.2) is 0 Å². The molecule has 0 saturated heterocycles. The van der Waals surface area contributed by atoms with Gasteiger partial charge in [-0.05, 0) is 6.42 Å². The molecule has 0 bridgehead atoms. The van der Waals surface area contributed by atoms with Gasteiger partial charge in [-0.3, -0.25) is 14.9 Å². The summed E-state index contributed by atoms with van der Waals surface area (Å²) in [5.74, 6) is 0.271. The second kappa shape index (κ2) is 7.36. The summed E-state index contributed by atoms with van der Waals surface area (Å²) < 4.78 is 0. The number of likely N-dealkylation sites (N-methyl/N-ethyl adjacent to an activating group) is 1. The molecular formula is C12H20N6O3. The van der Waals surface area contributed by atoms with Crippen LogP contribution in [0.15, 0.2) is 6.20 Å². The first-order valence-electron chi connectivity index (χ1n) is 6.55. The molecule has 0 radical (unpaired) electrons. The molecule has 1 amide bonds. The van der Waals surface area contributed by atoms with E-state index >= 15 is 0 Å². The standard InChI is InChI=1S/C12H20N6O3/c1-5-6-17(8-10(19)16(3)4)11-9(18(20)21)7-14-12(13-2)15-11/h7H,5-6,8H2,1-4H3,(H,13,14,15). The summed E-state index contributed by atoms with van der Waals surface area (Å²) in [6, 6.07) is 0. The van der Waals surface area contributed by atoms with Crippen LogP contribution in [0.3, 0.4) is 0 Å². The molecule has 21 heavy (non-hydrogen) atoms. The Bertz CT molecular complexity index is 520. The summed E-state index contributed by atoms with van der Waals surface area (Å²) in [6.07, 6.45) is 1.88. The third-order valence-corrected chi connectivity index (χ3v) is 2.79. The molecule has 1 aromatic rings. The molecule has 0 unspecified atom stereocenters. The Labute approximate surface area is 123 Å². The number of amides is 1. The Morgan fingerprint density at radius 2 is 2.14 bits per heavy atom. The molecule has 9 heteroatoms. The van der Waals surface area contributed by atoms with Gasteiger partial charge in [-0.15, -0.1) is 0 Å². The lowest BCUT2D eigenvalue weighted by Gasteiger charge is -2.24. The average molecular weight is 296 g/mol. The van der Waals surface area contributed by atoms with E-state index in [1.54, 1.807) is 26.0 Å². The molecule has 0 aliphatic carbocycles. The minimum Gasteiger partial charge on any atom is -0.357 e. The van der Waals surface area contributed by atoms with E-state index in [9.17, 15) is 14.9 Å². The van der Waals surface area contributed by atoms with Gasteiger partial charge in [-0.1, -0.05) is 6.92 Å². The smallest absolute Gasteiger partial charge is 0.329 e. The number of rotatable bonds is 7. The third-order valence-electron chi connectivity index (χ3n) is 2.79. The first-order chi connectivity index (χ1) is 9.90. The quantitative estimate of drug-likeness (QED) is 0.584. The predicted molar refractivity (Wildman–Crippen MR) is 79.4 cm³/mol. The zero-order chi connectivity index (χ0) is 16.0. The summed E-state index contributed by atoms with van der Waals surface area (Å²) in [5, 5.41) is 13.9. The van der Waals surface area contributed by atoms with Gasteiger partial charge < -0.3 is 15.1 Å². The number of carbonyl (C=O) groups is 1. The molecule has 116 valence electrons. The highest BCUT2D eigenvalue weighted by molar-refractivity contribution is 5.81.